The van der Waals surface area contributed by atoms with E-state index in [1.54, 1.807) is 29.3 Å². The number of pyridine rings is 1. The van der Waals surface area contributed by atoms with E-state index in [4.69, 9.17) is 4.42 Å². The van der Waals surface area contributed by atoms with Gasteiger partial charge in [0.05, 0.1) is 0 Å². The Labute approximate surface area is 206 Å². The van der Waals surface area contributed by atoms with Crippen LogP contribution in [0.15, 0.2) is 77.3 Å². The first kappa shape index (κ1) is 24.2. The van der Waals surface area contributed by atoms with Crippen molar-refractivity contribution in [1.82, 2.24) is 15.2 Å². The number of carbonyl (C=O) groups is 2. The van der Waals surface area contributed by atoms with Gasteiger partial charge in [-0.1, -0.05) is 49.4 Å². The summed E-state index contributed by atoms with van der Waals surface area (Å²) in [6.07, 6.45) is 2.19. The number of benzene rings is 2. The Morgan fingerprint density at radius 1 is 1.03 bits per heavy atom. The van der Waals surface area contributed by atoms with E-state index >= 15 is 0 Å². The van der Waals surface area contributed by atoms with Gasteiger partial charge in [-0.2, -0.15) is 0 Å². The van der Waals surface area contributed by atoms with Crippen LogP contribution < -0.4 is 5.32 Å². The second-order valence-corrected chi connectivity index (χ2v) is 8.94. The van der Waals surface area contributed by atoms with Crippen LogP contribution in [0.3, 0.4) is 0 Å². The van der Waals surface area contributed by atoms with Gasteiger partial charge in [0.25, 0.3) is 11.8 Å². The monoisotopic (exact) mass is 469 g/mol. The number of hydrogen-bond acceptors (Lipinski definition) is 4. The molecule has 0 radical (unpaired) electrons. The molecule has 0 saturated carbocycles. The summed E-state index contributed by atoms with van der Waals surface area (Å²) in [5, 5.41) is 3.97. The second kappa shape index (κ2) is 10.6. The summed E-state index contributed by atoms with van der Waals surface area (Å²) in [7, 11) is 1.83. The zero-order chi connectivity index (χ0) is 24.9. The first-order valence-corrected chi connectivity index (χ1v) is 11.9. The molecule has 6 nitrogen and oxygen atoms in total. The third-order valence-electron chi connectivity index (χ3n) is 6.77. The molecule has 35 heavy (non-hydrogen) atoms. The third kappa shape index (κ3) is 5.27. The molecule has 0 bridgehead atoms. The fourth-order valence-corrected chi connectivity index (χ4v) is 4.51. The highest BCUT2D eigenvalue weighted by atomic mass is 16.3. The average molecular weight is 470 g/mol. The number of nitrogens with one attached hydrogen (secondary N) is 1. The number of carbonyl (C=O) groups excluding carboxylic acids is 2. The predicted octanol–water partition coefficient (Wildman–Crippen LogP) is 5.51. The summed E-state index contributed by atoms with van der Waals surface area (Å²) < 4.78 is 5.86. The van der Waals surface area contributed by atoms with Crippen LogP contribution in [0.25, 0.3) is 11.0 Å². The number of amides is 2. The molecule has 0 spiro atoms. The van der Waals surface area contributed by atoms with Gasteiger partial charge < -0.3 is 14.6 Å². The molecular formula is C29H31N3O3. The topological polar surface area (TPSA) is 75.4 Å². The molecule has 0 saturated heterocycles. The zero-order valence-corrected chi connectivity index (χ0v) is 20.6. The van der Waals surface area contributed by atoms with Crippen LogP contribution in [0.4, 0.5) is 0 Å². The van der Waals surface area contributed by atoms with Crippen LogP contribution in [0, 0.1) is 13.8 Å². The molecule has 180 valence electrons. The van der Waals surface area contributed by atoms with Gasteiger partial charge in [-0.3, -0.25) is 14.6 Å². The molecule has 0 aliphatic heterocycles. The van der Waals surface area contributed by atoms with Crippen molar-refractivity contribution in [2.75, 3.05) is 13.6 Å². The minimum absolute atomic E-state index is 0.0636. The van der Waals surface area contributed by atoms with Crippen LogP contribution >= 0.6 is 0 Å². The number of likely N-dealkylation sites (N-methyl/N-ethyl adjacent to an activating group) is 1. The van der Waals surface area contributed by atoms with Crippen LogP contribution in [-0.4, -0.2) is 41.3 Å². The molecule has 2 unspecified atom stereocenters. The molecule has 4 rings (SSSR count). The highest BCUT2D eigenvalue weighted by molar-refractivity contribution is 5.98. The minimum atomic E-state index is -0.222. The van der Waals surface area contributed by atoms with Gasteiger partial charge in [0.1, 0.15) is 17.0 Å². The minimum Gasteiger partial charge on any atom is -0.461 e. The lowest BCUT2D eigenvalue weighted by Gasteiger charge is -2.33. The van der Waals surface area contributed by atoms with Crippen molar-refractivity contribution in [3.05, 3.63) is 101 Å². The Bertz CT molecular complexity index is 1320. The van der Waals surface area contributed by atoms with Crippen LogP contribution in [0.1, 0.15) is 57.0 Å². The molecule has 0 aliphatic carbocycles. The van der Waals surface area contributed by atoms with Crippen molar-refractivity contribution >= 4 is 22.8 Å². The van der Waals surface area contributed by atoms with E-state index in [1.807, 2.05) is 57.3 Å². The SMILES string of the molecule is Cc1oc2cc(C(=O)N(C)C(CCNC(=O)c3ccccn3)C(C)c3ccccc3)ccc2c1C. The lowest BCUT2D eigenvalue weighted by atomic mass is 9.89. The van der Waals surface area contributed by atoms with E-state index in [0.717, 1.165) is 27.9 Å². The Morgan fingerprint density at radius 3 is 2.49 bits per heavy atom. The van der Waals surface area contributed by atoms with Crippen LogP contribution in [-0.2, 0) is 0 Å². The van der Waals surface area contributed by atoms with E-state index in [2.05, 4.69) is 29.4 Å². The number of hydrogen-bond donors (Lipinski definition) is 1. The fraction of sp³-hybridized carbons (Fsp3) is 0.276. The first-order chi connectivity index (χ1) is 16.9. The molecule has 2 aromatic carbocycles. The van der Waals surface area contributed by atoms with E-state index in [0.29, 0.717) is 24.2 Å². The quantitative estimate of drug-likeness (QED) is 0.369. The Hall–Kier alpha value is -3.93. The maximum Gasteiger partial charge on any atom is 0.269 e. The van der Waals surface area contributed by atoms with E-state index < -0.39 is 0 Å². The maximum absolute atomic E-state index is 13.6. The molecule has 6 heteroatoms. The third-order valence-corrected chi connectivity index (χ3v) is 6.77. The largest absolute Gasteiger partial charge is 0.461 e. The lowest BCUT2D eigenvalue weighted by molar-refractivity contribution is 0.0702. The molecule has 2 aromatic heterocycles. The summed E-state index contributed by atoms with van der Waals surface area (Å²) in [4.78, 5) is 31.9. The highest BCUT2D eigenvalue weighted by Gasteiger charge is 2.28. The lowest BCUT2D eigenvalue weighted by Crippen LogP contribution is -2.42. The first-order valence-electron chi connectivity index (χ1n) is 11.9. The Morgan fingerprint density at radius 2 is 1.77 bits per heavy atom. The van der Waals surface area contributed by atoms with Crippen LogP contribution in [0.5, 0.6) is 0 Å². The molecular weight excluding hydrogens is 438 g/mol. The molecule has 0 fully saturated rings. The fourth-order valence-electron chi connectivity index (χ4n) is 4.51. The van der Waals surface area contributed by atoms with Gasteiger partial charge in [0.15, 0.2) is 0 Å². The van der Waals surface area contributed by atoms with Crippen molar-refractivity contribution < 1.29 is 14.0 Å². The van der Waals surface area contributed by atoms with Crippen molar-refractivity contribution in [3.63, 3.8) is 0 Å². The van der Waals surface area contributed by atoms with E-state index in [-0.39, 0.29) is 23.8 Å². The molecule has 0 aliphatic rings. The second-order valence-electron chi connectivity index (χ2n) is 8.94. The van der Waals surface area contributed by atoms with Gasteiger partial charge in [0.2, 0.25) is 0 Å². The molecule has 1 N–H and O–H groups in total. The van der Waals surface area contributed by atoms with Gasteiger partial charge in [-0.25, -0.2) is 0 Å². The zero-order valence-electron chi connectivity index (χ0n) is 20.6. The number of aryl methyl sites for hydroxylation is 2. The summed E-state index contributed by atoms with van der Waals surface area (Å²) in [5.74, 6) is 0.619. The van der Waals surface area contributed by atoms with Crippen molar-refractivity contribution in [3.8, 4) is 0 Å². The molecule has 2 heterocycles. The smallest absolute Gasteiger partial charge is 0.269 e. The number of aromatic nitrogens is 1. The predicted molar refractivity (Wildman–Crippen MR) is 138 cm³/mol. The van der Waals surface area contributed by atoms with Gasteiger partial charge >= 0.3 is 0 Å². The van der Waals surface area contributed by atoms with Crippen LogP contribution in [0.2, 0.25) is 0 Å². The molecule has 4 aromatic rings. The van der Waals surface area contributed by atoms with Crippen molar-refractivity contribution in [2.45, 2.75) is 39.2 Å². The van der Waals surface area contributed by atoms with Crippen molar-refractivity contribution in [1.29, 1.82) is 0 Å². The summed E-state index contributed by atoms with van der Waals surface area (Å²) in [6.45, 7) is 6.49. The van der Waals surface area contributed by atoms with Gasteiger partial charge in [-0.05, 0) is 55.7 Å². The Kier molecular flexibility index (Phi) is 7.30. The standard InChI is InChI=1S/C29H31N3O3/c1-19-21(3)35-27-18-23(13-14-24(19)27)29(34)32(4)26(20(2)22-10-6-5-7-11-22)15-17-31-28(33)25-12-8-9-16-30-25/h5-14,16,18,20,26H,15,17H2,1-4H3,(H,31,33). The average Bonchev–Trinajstić information content (AvgIpc) is 3.18. The molecule has 2 amide bonds. The molecule has 2 atom stereocenters. The summed E-state index contributed by atoms with van der Waals surface area (Å²) in [5.41, 5.74) is 3.90. The summed E-state index contributed by atoms with van der Waals surface area (Å²) in [6, 6.07) is 20.9. The van der Waals surface area contributed by atoms with E-state index in [1.165, 1.54) is 0 Å². The summed E-state index contributed by atoms with van der Waals surface area (Å²) >= 11 is 0. The number of fused-ring (bicyclic) bond motifs is 1. The van der Waals surface area contributed by atoms with Gasteiger partial charge in [0, 0.05) is 42.7 Å². The number of furan rings is 1. The maximum atomic E-state index is 13.6. The van der Waals surface area contributed by atoms with Gasteiger partial charge in [-0.15, -0.1) is 0 Å². The normalized spacial score (nSPS) is 12.8. The Balaban J connectivity index is 1.54. The van der Waals surface area contributed by atoms with E-state index in [9.17, 15) is 9.59 Å². The number of rotatable bonds is 8. The van der Waals surface area contributed by atoms with Crippen molar-refractivity contribution in [2.24, 2.45) is 0 Å². The number of nitrogens with zero attached hydrogens (tertiary/aromatic N) is 2. The highest BCUT2D eigenvalue weighted by Crippen LogP contribution is 2.28.